The number of aromatic amines is 1. The molecule has 0 radical (unpaired) electrons. The van der Waals surface area contributed by atoms with Crippen LogP contribution in [0.2, 0.25) is 0 Å². The minimum atomic E-state index is -0.546. The number of H-pyrrole nitrogens is 1. The van der Waals surface area contributed by atoms with E-state index in [0.29, 0.717) is 22.4 Å². The second kappa shape index (κ2) is 7.47. The molecule has 0 amide bonds. The molecule has 1 aromatic heterocycles. The van der Waals surface area contributed by atoms with Gasteiger partial charge in [-0.05, 0) is 44.0 Å². The van der Waals surface area contributed by atoms with Gasteiger partial charge in [0.25, 0.3) is 0 Å². The highest BCUT2D eigenvalue weighted by Crippen LogP contribution is 2.20. The topological polar surface area (TPSA) is 92.2 Å². The van der Waals surface area contributed by atoms with Crippen molar-refractivity contribution in [2.45, 2.75) is 27.4 Å². The van der Waals surface area contributed by atoms with Crippen LogP contribution in [-0.4, -0.2) is 23.5 Å². The Kier molecular flexibility index (Phi) is 5.38. The van der Waals surface area contributed by atoms with Gasteiger partial charge in [-0.1, -0.05) is 12.1 Å². The monoisotopic (exact) mass is 326 g/mol. The van der Waals surface area contributed by atoms with E-state index in [1.807, 2.05) is 6.07 Å². The summed E-state index contributed by atoms with van der Waals surface area (Å²) >= 11 is 0. The number of carbonyl (C=O) groups excluding carboxylic acids is 2. The van der Waals surface area contributed by atoms with Crippen LogP contribution >= 0.6 is 0 Å². The summed E-state index contributed by atoms with van der Waals surface area (Å²) in [4.78, 5) is 27.1. The Balaban J connectivity index is 2.11. The first-order valence-corrected chi connectivity index (χ1v) is 7.50. The summed E-state index contributed by atoms with van der Waals surface area (Å²) < 4.78 is 10.3. The third kappa shape index (κ3) is 3.63. The maximum absolute atomic E-state index is 12.3. The summed E-state index contributed by atoms with van der Waals surface area (Å²) in [5.74, 6) is -1.01. The van der Waals surface area contributed by atoms with Crippen molar-refractivity contribution in [2.75, 3.05) is 6.61 Å². The Morgan fingerprint density at radius 3 is 2.38 bits per heavy atom. The second-order valence-corrected chi connectivity index (χ2v) is 5.23. The molecule has 0 saturated heterocycles. The molecule has 2 rings (SSSR count). The van der Waals surface area contributed by atoms with Gasteiger partial charge in [-0.2, -0.15) is 5.26 Å². The zero-order valence-corrected chi connectivity index (χ0v) is 13.8. The molecule has 0 aliphatic carbocycles. The fourth-order valence-electron chi connectivity index (χ4n) is 2.36. The van der Waals surface area contributed by atoms with Crippen LogP contribution < -0.4 is 0 Å². The van der Waals surface area contributed by atoms with Gasteiger partial charge in [0.1, 0.15) is 12.3 Å². The number of aromatic nitrogens is 1. The molecule has 124 valence electrons. The molecule has 1 aromatic carbocycles. The average molecular weight is 326 g/mol. The van der Waals surface area contributed by atoms with Crippen molar-refractivity contribution in [2.24, 2.45) is 0 Å². The molecule has 0 saturated carbocycles. The Bertz CT molecular complexity index is 798. The SMILES string of the molecule is CCOC(=O)c1c(C)[nH]c(C(=O)OCc2ccc(C#N)cc2)c1C. The van der Waals surface area contributed by atoms with E-state index in [4.69, 9.17) is 14.7 Å². The fourth-order valence-corrected chi connectivity index (χ4v) is 2.36. The molecule has 0 atom stereocenters. The summed E-state index contributed by atoms with van der Waals surface area (Å²) in [5.41, 5.74) is 2.99. The van der Waals surface area contributed by atoms with Crippen molar-refractivity contribution in [1.29, 1.82) is 5.26 Å². The van der Waals surface area contributed by atoms with Crippen LogP contribution in [0.3, 0.4) is 0 Å². The van der Waals surface area contributed by atoms with E-state index in [-0.39, 0.29) is 18.9 Å². The first kappa shape index (κ1) is 17.3. The number of hydrogen-bond acceptors (Lipinski definition) is 5. The molecule has 6 heteroatoms. The molecule has 24 heavy (non-hydrogen) atoms. The fraction of sp³-hybridized carbons (Fsp3) is 0.278. The predicted molar refractivity (Wildman–Crippen MR) is 86.5 cm³/mol. The third-order valence-corrected chi connectivity index (χ3v) is 3.57. The molecular weight excluding hydrogens is 308 g/mol. The summed E-state index contributed by atoms with van der Waals surface area (Å²) in [6, 6.07) is 8.79. The summed E-state index contributed by atoms with van der Waals surface area (Å²) in [6.45, 7) is 5.45. The number of ether oxygens (including phenoxy) is 2. The summed E-state index contributed by atoms with van der Waals surface area (Å²) in [7, 11) is 0. The third-order valence-electron chi connectivity index (χ3n) is 3.57. The highest BCUT2D eigenvalue weighted by molar-refractivity contribution is 5.98. The van der Waals surface area contributed by atoms with Crippen LogP contribution in [0.1, 0.15) is 50.2 Å². The maximum atomic E-state index is 12.3. The van der Waals surface area contributed by atoms with Crippen molar-refractivity contribution < 1.29 is 19.1 Å². The van der Waals surface area contributed by atoms with Gasteiger partial charge in [-0.25, -0.2) is 9.59 Å². The number of nitrogens with zero attached hydrogens (tertiary/aromatic N) is 1. The highest BCUT2D eigenvalue weighted by atomic mass is 16.5. The lowest BCUT2D eigenvalue weighted by Crippen LogP contribution is -2.09. The van der Waals surface area contributed by atoms with E-state index < -0.39 is 11.9 Å². The Morgan fingerprint density at radius 2 is 1.79 bits per heavy atom. The van der Waals surface area contributed by atoms with Gasteiger partial charge >= 0.3 is 11.9 Å². The first-order valence-electron chi connectivity index (χ1n) is 7.50. The molecule has 2 aromatic rings. The molecule has 0 spiro atoms. The Morgan fingerprint density at radius 1 is 1.12 bits per heavy atom. The van der Waals surface area contributed by atoms with Crippen LogP contribution in [0.25, 0.3) is 0 Å². The summed E-state index contributed by atoms with van der Waals surface area (Å²) in [5, 5.41) is 8.76. The Labute approximate surface area is 140 Å². The smallest absolute Gasteiger partial charge is 0.355 e. The van der Waals surface area contributed by atoms with E-state index in [2.05, 4.69) is 4.98 Å². The van der Waals surface area contributed by atoms with Crippen molar-refractivity contribution in [3.63, 3.8) is 0 Å². The number of nitrogens with one attached hydrogen (secondary N) is 1. The number of rotatable bonds is 5. The minimum absolute atomic E-state index is 0.0801. The van der Waals surface area contributed by atoms with Gasteiger partial charge in [0.15, 0.2) is 0 Å². The van der Waals surface area contributed by atoms with Gasteiger partial charge in [0.05, 0.1) is 23.8 Å². The number of hydrogen-bond donors (Lipinski definition) is 1. The van der Waals surface area contributed by atoms with Gasteiger partial charge in [0.2, 0.25) is 0 Å². The van der Waals surface area contributed by atoms with E-state index in [0.717, 1.165) is 5.56 Å². The highest BCUT2D eigenvalue weighted by Gasteiger charge is 2.23. The molecule has 0 aliphatic heterocycles. The van der Waals surface area contributed by atoms with Crippen molar-refractivity contribution >= 4 is 11.9 Å². The van der Waals surface area contributed by atoms with Crippen LogP contribution in [0.4, 0.5) is 0 Å². The minimum Gasteiger partial charge on any atom is -0.462 e. The molecular formula is C18H18N2O4. The molecule has 0 unspecified atom stereocenters. The van der Waals surface area contributed by atoms with E-state index in [1.54, 1.807) is 45.0 Å². The van der Waals surface area contributed by atoms with Gasteiger partial charge in [-0.3, -0.25) is 0 Å². The lowest BCUT2D eigenvalue weighted by atomic mass is 10.1. The van der Waals surface area contributed by atoms with E-state index >= 15 is 0 Å². The normalized spacial score (nSPS) is 10.1. The largest absolute Gasteiger partial charge is 0.462 e. The van der Waals surface area contributed by atoms with Crippen molar-refractivity contribution in [1.82, 2.24) is 4.98 Å². The average Bonchev–Trinajstić information content (AvgIpc) is 2.88. The van der Waals surface area contributed by atoms with Gasteiger partial charge in [-0.15, -0.1) is 0 Å². The molecule has 0 bridgehead atoms. The van der Waals surface area contributed by atoms with Gasteiger partial charge in [0, 0.05) is 5.69 Å². The number of benzene rings is 1. The molecule has 1 N–H and O–H groups in total. The summed E-state index contributed by atoms with van der Waals surface area (Å²) in [6.07, 6.45) is 0. The van der Waals surface area contributed by atoms with Crippen LogP contribution in [-0.2, 0) is 16.1 Å². The predicted octanol–water partition coefficient (Wildman–Crippen LogP) is 3.04. The number of esters is 2. The van der Waals surface area contributed by atoms with E-state index in [9.17, 15) is 9.59 Å². The zero-order chi connectivity index (χ0) is 17.7. The lowest BCUT2D eigenvalue weighted by molar-refractivity contribution is 0.0465. The quantitative estimate of drug-likeness (QED) is 0.853. The number of nitriles is 1. The number of carbonyl (C=O) groups is 2. The van der Waals surface area contributed by atoms with E-state index in [1.165, 1.54) is 0 Å². The van der Waals surface area contributed by atoms with Crippen LogP contribution in [0.5, 0.6) is 0 Å². The molecule has 1 heterocycles. The van der Waals surface area contributed by atoms with Crippen LogP contribution in [0, 0.1) is 25.2 Å². The maximum Gasteiger partial charge on any atom is 0.355 e. The zero-order valence-electron chi connectivity index (χ0n) is 13.8. The van der Waals surface area contributed by atoms with Crippen LogP contribution in [0.15, 0.2) is 24.3 Å². The van der Waals surface area contributed by atoms with Crippen molar-refractivity contribution in [3.05, 3.63) is 57.9 Å². The second-order valence-electron chi connectivity index (χ2n) is 5.23. The van der Waals surface area contributed by atoms with Gasteiger partial charge < -0.3 is 14.5 Å². The lowest BCUT2D eigenvalue weighted by Gasteiger charge is -2.05. The molecule has 0 fully saturated rings. The first-order chi connectivity index (χ1) is 11.5. The number of aryl methyl sites for hydroxylation is 1. The van der Waals surface area contributed by atoms with Crippen molar-refractivity contribution in [3.8, 4) is 6.07 Å². The molecule has 6 nitrogen and oxygen atoms in total. The molecule has 0 aliphatic rings. The standard InChI is InChI=1S/C18H18N2O4/c1-4-23-17(21)15-11(2)16(20-12(15)3)18(22)24-10-14-7-5-13(9-19)6-8-14/h5-8,20H,4,10H2,1-3H3. The Hall–Kier alpha value is -3.07.